The van der Waals surface area contributed by atoms with Crippen LogP contribution in [0.15, 0.2) is 0 Å². The summed E-state index contributed by atoms with van der Waals surface area (Å²) in [7, 11) is 4.36. The number of rotatable bonds is 3. The highest BCUT2D eigenvalue weighted by Gasteiger charge is 2.39. The van der Waals surface area contributed by atoms with E-state index >= 15 is 0 Å². The van der Waals surface area contributed by atoms with Crippen molar-refractivity contribution in [1.29, 1.82) is 0 Å². The van der Waals surface area contributed by atoms with Crippen LogP contribution >= 0.6 is 0 Å². The zero-order chi connectivity index (χ0) is 9.30. The van der Waals surface area contributed by atoms with E-state index in [0.717, 1.165) is 23.7 Å². The molecule has 1 fully saturated rings. The number of nitrogens with zero attached hydrogens (tertiary/aromatic N) is 1. The molecule has 1 aliphatic rings. The zero-order valence-corrected chi connectivity index (χ0v) is 9.17. The Balaban J connectivity index is 2.38. The Labute approximate surface area is 77.1 Å². The Hall–Kier alpha value is -0.0400. The Morgan fingerprint density at radius 2 is 1.92 bits per heavy atom. The first-order valence-electron chi connectivity index (χ1n) is 5.17. The van der Waals surface area contributed by atoms with Gasteiger partial charge in [-0.15, -0.1) is 0 Å². The lowest BCUT2D eigenvalue weighted by atomic mass is 9.61. The van der Waals surface area contributed by atoms with Gasteiger partial charge in [0, 0.05) is 6.54 Å². The molecule has 1 saturated carbocycles. The predicted molar refractivity (Wildman–Crippen MR) is 54.2 cm³/mol. The van der Waals surface area contributed by atoms with Gasteiger partial charge in [0.05, 0.1) is 0 Å². The standard InChI is InChI=1S/C11H23N/c1-8(2)11-9(3)6-10(11)7-12(4)5/h8-11H,6-7H2,1-5H3. The van der Waals surface area contributed by atoms with Crippen LogP contribution in [0.3, 0.4) is 0 Å². The van der Waals surface area contributed by atoms with Crippen molar-refractivity contribution >= 4 is 0 Å². The molecule has 1 nitrogen and oxygen atoms in total. The minimum Gasteiger partial charge on any atom is -0.309 e. The van der Waals surface area contributed by atoms with Crippen molar-refractivity contribution < 1.29 is 0 Å². The summed E-state index contributed by atoms with van der Waals surface area (Å²) in [5.74, 6) is 3.79. The largest absolute Gasteiger partial charge is 0.309 e. The second-order valence-corrected chi connectivity index (χ2v) is 5.06. The third-order valence-electron chi connectivity index (χ3n) is 3.25. The van der Waals surface area contributed by atoms with Crippen LogP contribution < -0.4 is 0 Å². The van der Waals surface area contributed by atoms with Gasteiger partial charge >= 0.3 is 0 Å². The predicted octanol–water partition coefficient (Wildman–Crippen LogP) is 2.48. The summed E-state index contributed by atoms with van der Waals surface area (Å²) in [6.07, 6.45) is 1.45. The van der Waals surface area contributed by atoms with Crippen molar-refractivity contribution in [3.63, 3.8) is 0 Å². The lowest BCUT2D eigenvalue weighted by molar-refractivity contribution is 0.0255. The van der Waals surface area contributed by atoms with Gasteiger partial charge in [0.1, 0.15) is 0 Å². The van der Waals surface area contributed by atoms with E-state index in [9.17, 15) is 0 Å². The summed E-state index contributed by atoms with van der Waals surface area (Å²) in [5.41, 5.74) is 0. The van der Waals surface area contributed by atoms with Crippen molar-refractivity contribution in [3.05, 3.63) is 0 Å². The molecule has 1 rings (SSSR count). The molecule has 0 aromatic carbocycles. The highest BCUT2D eigenvalue weighted by atomic mass is 15.1. The Morgan fingerprint density at radius 3 is 2.25 bits per heavy atom. The molecule has 0 amide bonds. The van der Waals surface area contributed by atoms with Crippen molar-refractivity contribution in [2.45, 2.75) is 27.2 Å². The van der Waals surface area contributed by atoms with E-state index in [1.165, 1.54) is 13.0 Å². The minimum absolute atomic E-state index is 0.874. The van der Waals surface area contributed by atoms with Crippen LogP contribution in [0.1, 0.15) is 27.2 Å². The van der Waals surface area contributed by atoms with Gasteiger partial charge < -0.3 is 4.90 Å². The molecule has 0 aliphatic heterocycles. The lowest BCUT2D eigenvalue weighted by Gasteiger charge is -2.47. The maximum Gasteiger partial charge on any atom is 0.000651 e. The van der Waals surface area contributed by atoms with E-state index < -0.39 is 0 Å². The molecule has 0 saturated heterocycles. The molecule has 12 heavy (non-hydrogen) atoms. The molecule has 0 N–H and O–H groups in total. The molecule has 0 aromatic heterocycles. The van der Waals surface area contributed by atoms with Crippen LogP contribution in [0.4, 0.5) is 0 Å². The van der Waals surface area contributed by atoms with Crippen LogP contribution in [0, 0.1) is 23.7 Å². The summed E-state index contributed by atoms with van der Waals surface area (Å²) in [5, 5.41) is 0. The van der Waals surface area contributed by atoms with Gasteiger partial charge in [-0.3, -0.25) is 0 Å². The SMILES string of the molecule is CC(C)C1C(C)CC1CN(C)C. The quantitative estimate of drug-likeness (QED) is 0.627. The average molecular weight is 169 g/mol. The first kappa shape index (κ1) is 10.0. The minimum atomic E-state index is 0.874. The summed E-state index contributed by atoms with van der Waals surface area (Å²) >= 11 is 0. The van der Waals surface area contributed by atoms with Crippen LogP contribution in [-0.2, 0) is 0 Å². The normalized spacial score (nSPS) is 35.8. The summed E-state index contributed by atoms with van der Waals surface area (Å²) in [6, 6.07) is 0. The van der Waals surface area contributed by atoms with Gasteiger partial charge in [-0.05, 0) is 44.2 Å². The molecule has 3 atom stereocenters. The third kappa shape index (κ3) is 2.01. The van der Waals surface area contributed by atoms with Gasteiger partial charge in [-0.2, -0.15) is 0 Å². The van der Waals surface area contributed by atoms with Crippen LogP contribution in [0.25, 0.3) is 0 Å². The molecule has 72 valence electrons. The number of hydrogen-bond donors (Lipinski definition) is 0. The molecule has 0 radical (unpaired) electrons. The monoisotopic (exact) mass is 169 g/mol. The summed E-state index contributed by atoms with van der Waals surface area (Å²) in [4.78, 5) is 2.33. The van der Waals surface area contributed by atoms with Crippen molar-refractivity contribution in [2.75, 3.05) is 20.6 Å². The Morgan fingerprint density at radius 1 is 1.33 bits per heavy atom. The molecule has 0 bridgehead atoms. The highest BCUT2D eigenvalue weighted by Crippen LogP contribution is 2.44. The van der Waals surface area contributed by atoms with E-state index in [1.807, 2.05) is 0 Å². The Bertz CT molecular complexity index is 135. The fourth-order valence-corrected chi connectivity index (χ4v) is 2.93. The molecule has 1 aliphatic carbocycles. The van der Waals surface area contributed by atoms with Crippen LogP contribution in [0.5, 0.6) is 0 Å². The second kappa shape index (κ2) is 3.78. The second-order valence-electron chi connectivity index (χ2n) is 5.06. The van der Waals surface area contributed by atoms with Crippen molar-refractivity contribution in [2.24, 2.45) is 23.7 Å². The molecule has 0 aromatic rings. The smallest absolute Gasteiger partial charge is 0.000651 e. The molecule has 1 heteroatoms. The van der Waals surface area contributed by atoms with Gasteiger partial charge in [-0.25, -0.2) is 0 Å². The Kier molecular flexibility index (Phi) is 3.16. The third-order valence-corrected chi connectivity index (χ3v) is 3.25. The van der Waals surface area contributed by atoms with Crippen molar-refractivity contribution in [3.8, 4) is 0 Å². The van der Waals surface area contributed by atoms with Crippen LogP contribution in [-0.4, -0.2) is 25.5 Å². The first-order chi connectivity index (χ1) is 5.52. The molecule has 0 heterocycles. The van der Waals surface area contributed by atoms with E-state index in [2.05, 4.69) is 39.8 Å². The molecule has 3 unspecified atom stereocenters. The molecular weight excluding hydrogens is 146 g/mol. The van der Waals surface area contributed by atoms with Gasteiger partial charge in [0.2, 0.25) is 0 Å². The summed E-state index contributed by atoms with van der Waals surface area (Å²) < 4.78 is 0. The van der Waals surface area contributed by atoms with E-state index in [4.69, 9.17) is 0 Å². The highest BCUT2D eigenvalue weighted by molar-refractivity contribution is 4.89. The molecule has 0 spiro atoms. The average Bonchev–Trinajstić information content (AvgIpc) is 1.82. The topological polar surface area (TPSA) is 3.24 Å². The van der Waals surface area contributed by atoms with Gasteiger partial charge in [0.25, 0.3) is 0 Å². The van der Waals surface area contributed by atoms with E-state index in [-0.39, 0.29) is 0 Å². The van der Waals surface area contributed by atoms with Crippen LogP contribution in [0.2, 0.25) is 0 Å². The summed E-state index contributed by atoms with van der Waals surface area (Å²) in [6.45, 7) is 8.41. The number of hydrogen-bond acceptors (Lipinski definition) is 1. The van der Waals surface area contributed by atoms with Gasteiger partial charge in [0.15, 0.2) is 0 Å². The maximum absolute atomic E-state index is 2.40. The van der Waals surface area contributed by atoms with E-state index in [0.29, 0.717) is 0 Å². The zero-order valence-electron chi connectivity index (χ0n) is 9.17. The van der Waals surface area contributed by atoms with E-state index in [1.54, 1.807) is 0 Å². The molecular formula is C11H23N. The maximum atomic E-state index is 2.40. The lowest BCUT2D eigenvalue weighted by Crippen LogP contribution is -2.43. The van der Waals surface area contributed by atoms with Gasteiger partial charge in [-0.1, -0.05) is 20.8 Å². The fraction of sp³-hybridized carbons (Fsp3) is 1.00. The fourth-order valence-electron chi connectivity index (χ4n) is 2.93. The first-order valence-corrected chi connectivity index (χ1v) is 5.17. The van der Waals surface area contributed by atoms with Crippen molar-refractivity contribution in [1.82, 2.24) is 4.90 Å².